The van der Waals surface area contributed by atoms with E-state index in [9.17, 15) is 21.6 Å². The van der Waals surface area contributed by atoms with E-state index >= 15 is 0 Å². The van der Waals surface area contributed by atoms with Crippen molar-refractivity contribution in [2.75, 3.05) is 0 Å². The standard InChI is InChI=1S/C16H9F3INO2S/c17-16(18,19)12-9-10-5-4-8-13(20)14(10)21-15(12)24(22,23)11-6-2-1-3-7-11/h1-9H. The smallest absolute Gasteiger partial charge is 0.234 e. The fourth-order valence-electron chi connectivity index (χ4n) is 2.26. The minimum atomic E-state index is -4.83. The summed E-state index contributed by atoms with van der Waals surface area (Å²) in [5.41, 5.74) is -1.04. The Morgan fingerprint density at radius 3 is 2.25 bits per heavy atom. The van der Waals surface area contributed by atoms with Crippen LogP contribution in [0, 0.1) is 3.57 Å². The fourth-order valence-corrected chi connectivity index (χ4v) is 4.32. The van der Waals surface area contributed by atoms with Crippen LogP contribution in [0.5, 0.6) is 0 Å². The summed E-state index contributed by atoms with van der Waals surface area (Å²) in [6.45, 7) is 0. The van der Waals surface area contributed by atoms with Crippen molar-refractivity contribution in [3.63, 3.8) is 0 Å². The largest absolute Gasteiger partial charge is 0.419 e. The Kier molecular flexibility index (Phi) is 4.28. The van der Waals surface area contributed by atoms with Crippen molar-refractivity contribution >= 4 is 43.3 Å². The van der Waals surface area contributed by atoms with E-state index in [0.717, 1.165) is 6.07 Å². The number of aromatic nitrogens is 1. The number of alkyl halides is 3. The van der Waals surface area contributed by atoms with E-state index in [2.05, 4.69) is 4.98 Å². The molecule has 2 aromatic carbocycles. The summed E-state index contributed by atoms with van der Waals surface area (Å²) in [6, 6.07) is 12.5. The van der Waals surface area contributed by atoms with Gasteiger partial charge in [-0.3, -0.25) is 0 Å². The van der Waals surface area contributed by atoms with Gasteiger partial charge in [-0.15, -0.1) is 0 Å². The van der Waals surface area contributed by atoms with Crippen molar-refractivity contribution in [3.05, 3.63) is 63.7 Å². The van der Waals surface area contributed by atoms with Gasteiger partial charge in [0, 0.05) is 8.96 Å². The van der Waals surface area contributed by atoms with E-state index in [1.54, 1.807) is 18.2 Å². The summed E-state index contributed by atoms with van der Waals surface area (Å²) in [6.07, 6.45) is -4.83. The molecule has 0 aliphatic heterocycles. The molecule has 3 nitrogen and oxygen atoms in total. The molecule has 124 valence electrons. The predicted octanol–water partition coefficient (Wildman–Crippen LogP) is 4.69. The Hall–Kier alpha value is -1.68. The molecule has 1 heterocycles. The van der Waals surface area contributed by atoms with Gasteiger partial charge < -0.3 is 0 Å². The van der Waals surface area contributed by atoms with Crippen LogP contribution >= 0.6 is 22.6 Å². The SMILES string of the molecule is O=S(=O)(c1ccccc1)c1nc2c(I)cccc2cc1C(F)(F)F. The first-order chi connectivity index (χ1) is 11.2. The molecule has 0 unspecified atom stereocenters. The van der Waals surface area contributed by atoms with Gasteiger partial charge in [0.1, 0.15) is 0 Å². The van der Waals surface area contributed by atoms with Gasteiger partial charge in [-0.2, -0.15) is 13.2 Å². The number of hydrogen-bond acceptors (Lipinski definition) is 3. The zero-order chi connectivity index (χ0) is 17.5. The third-order valence-corrected chi connectivity index (χ3v) is 5.96. The van der Waals surface area contributed by atoms with E-state index in [4.69, 9.17) is 0 Å². The molecule has 0 fully saturated rings. The van der Waals surface area contributed by atoms with Crippen molar-refractivity contribution in [1.82, 2.24) is 4.98 Å². The fraction of sp³-hybridized carbons (Fsp3) is 0.0625. The molecule has 24 heavy (non-hydrogen) atoms. The van der Waals surface area contributed by atoms with Crippen LogP contribution in [-0.4, -0.2) is 13.4 Å². The molecular weight excluding hydrogens is 454 g/mol. The van der Waals surface area contributed by atoms with Crippen LogP contribution in [0.4, 0.5) is 13.2 Å². The van der Waals surface area contributed by atoms with Crippen LogP contribution in [-0.2, 0) is 16.0 Å². The van der Waals surface area contributed by atoms with Gasteiger partial charge in [0.15, 0.2) is 5.03 Å². The number of nitrogens with zero attached hydrogens (tertiary/aromatic N) is 1. The van der Waals surface area contributed by atoms with Crippen LogP contribution in [0.15, 0.2) is 64.5 Å². The summed E-state index contributed by atoms with van der Waals surface area (Å²) in [7, 11) is -4.40. The van der Waals surface area contributed by atoms with Crippen molar-refractivity contribution in [3.8, 4) is 0 Å². The van der Waals surface area contributed by atoms with E-state index in [1.165, 1.54) is 30.3 Å². The number of halogens is 4. The van der Waals surface area contributed by atoms with Gasteiger partial charge in [-0.25, -0.2) is 13.4 Å². The Balaban J connectivity index is 2.40. The molecular formula is C16H9F3INO2S. The van der Waals surface area contributed by atoms with Gasteiger partial charge in [-0.05, 0) is 46.9 Å². The van der Waals surface area contributed by atoms with Crippen molar-refractivity contribution in [2.45, 2.75) is 16.1 Å². The lowest BCUT2D eigenvalue weighted by atomic mass is 10.1. The second-order valence-electron chi connectivity index (χ2n) is 4.97. The lowest BCUT2D eigenvalue weighted by Crippen LogP contribution is -2.16. The summed E-state index contributed by atoms with van der Waals surface area (Å²) >= 11 is 1.91. The van der Waals surface area contributed by atoms with E-state index in [0.29, 0.717) is 3.57 Å². The first-order valence-corrected chi connectivity index (χ1v) is 9.24. The average molecular weight is 463 g/mol. The monoisotopic (exact) mass is 463 g/mol. The van der Waals surface area contributed by atoms with E-state index in [-0.39, 0.29) is 15.8 Å². The number of sulfone groups is 1. The molecule has 0 bridgehead atoms. The van der Waals surface area contributed by atoms with Gasteiger partial charge in [-0.1, -0.05) is 30.3 Å². The highest BCUT2D eigenvalue weighted by molar-refractivity contribution is 14.1. The van der Waals surface area contributed by atoms with Crippen molar-refractivity contribution < 1.29 is 21.6 Å². The third-order valence-electron chi connectivity index (χ3n) is 3.38. The van der Waals surface area contributed by atoms with Crippen LogP contribution in [0.25, 0.3) is 10.9 Å². The Morgan fingerprint density at radius 1 is 0.958 bits per heavy atom. The number of para-hydroxylation sites is 1. The second kappa shape index (κ2) is 5.99. The molecule has 0 amide bonds. The van der Waals surface area contributed by atoms with Crippen molar-refractivity contribution in [1.29, 1.82) is 0 Å². The molecule has 8 heteroatoms. The quantitative estimate of drug-likeness (QED) is 0.519. The first-order valence-electron chi connectivity index (χ1n) is 6.68. The zero-order valence-electron chi connectivity index (χ0n) is 11.9. The molecule has 0 radical (unpaired) electrons. The van der Waals surface area contributed by atoms with E-state index < -0.39 is 26.6 Å². The van der Waals surface area contributed by atoms with Crippen molar-refractivity contribution in [2.24, 2.45) is 0 Å². The maximum Gasteiger partial charge on any atom is 0.419 e. The van der Waals surface area contributed by atoms with Gasteiger partial charge in [0.25, 0.3) is 0 Å². The summed E-state index contributed by atoms with van der Waals surface area (Å²) in [5, 5.41) is -0.737. The van der Waals surface area contributed by atoms with Gasteiger partial charge in [0.2, 0.25) is 9.84 Å². The summed E-state index contributed by atoms with van der Waals surface area (Å²) < 4.78 is 66.2. The highest BCUT2D eigenvalue weighted by atomic mass is 127. The molecule has 3 aromatic rings. The van der Waals surface area contributed by atoms with E-state index in [1.807, 2.05) is 22.6 Å². The molecule has 1 aromatic heterocycles. The number of benzene rings is 2. The molecule has 0 saturated carbocycles. The summed E-state index contributed by atoms with van der Waals surface area (Å²) in [5.74, 6) is 0. The minimum absolute atomic E-state index is 0.223. The number of fused-ring (bicyclic) bond motifs is 1. The Morgan fingerprint density at radius 2 is 1.62 bits per heavy atom. The molecule has 0 atom stereocenters. The first kappa shape index (κ1) is 17.2. The molecule has 0 spiro atoms. The van der Waals surface area contributed by atoms with Crippen LogP contribution in [0.2, 0.25) is 0 Å². The second-order valence-corrected chi connectivity index (χ2v) is 7.99. The zero-order valence-corrected chi connectivity index (χ0v) is 14.9. The minimum Gasteiger partial charge on any atom is -0.234 e. The Labute approximate surface area is 149 Å². The average Bonchev–Trinajstić information content (AvgIpc) is 2.54. The number of pyridine rings is 1. The Bertz CT molecular complexity index is 1020. The lowest BCUT2D eigenvalue weighted by Gasteiger charge is -2.14. The molecule has 3 rings (SSSR count). The highest BCUT2D eigenvalue weighted by Gasteiger charge is 2.39. The highest BCUT2D eigenvalue weighted by Crippen LogP contribution is 2.37. The maximum absolute atomic E-state index is 13.4. The summed E-state index contributed by atoms with van der Waals surface area (Å²) in [4.78, 5) is 3.65. The lowest BCUT2D eigenvalue weighted by molar-refractivity contribution is -0.140. The molecule has 0 N–H and O–H groups in total. The number of rotatable bonds is 2. The molecule has 0 aliphatic rings. The van der Waals surface area contributed by atoms with Crippen LogP contribution < -0.4 is 0 Å². The number of hydrogen-bond donors (Lipinski definition) is 0. The molecule has 0 aliphatic carbocycles. The topological polar surface area (TPSA) is 47.0 Å². The van der Waals surface area contributed by atoms with Crippen LogP contribution in [0.3, 0.4) is 0 Å². The normalized spacial score (nSPS) is 12.5. The third kappa shape index (κ3) is 3.00. The van der Waals surface area contributed by atoms with Crippen LogP contribution in [0.1, 0.15) is 5.56 Å². The maximum atomic E-state index is 13.4. The predicted molar refractivity (Wildman–Crippen MR) is 91.4 cm³/mol. The molecule has 0 saturated heterocycles. The van der Waals surface area contributed by atoms with Gasteiger partial charge >= 0.3 is 6.18 Å². The van der Waals surface area contributed by atoms with Gasteiger partial charge in [0.05, 0.1) is 16.0 Å².